The van der Waals surface area contributed by atoms with Crippen molar-refractivity contribution in [2.75, 3.05) is 23.9 Å². The van der Waals surface area contributed by atoms with Gasteiger partial charge in [-0.2, -0.15) is 0 Å². The number of amides is 2. The summed E-state index contributed by atoms with van der Waals surface area (Å²) in [4.78, 5) is 25.8. The molecule has 0 unspecified atom stereocenters. The molecular weight excluding hydrogens is 368 g/mol. The fourth-order valence-electron chi connectivity index (χ4n) is 2.72. The number of para-hydroxylation sites is 1. The number of anilines is 2. The summed E-state index contributed by atoms with van der Waals surface area (Å²) in [6.07, 6.45) is 0. The molecule has 0 aliphatic heterocycles. The van der Waals surface area contributed by atoms with E-state index in [1.165, 1.54) is 11.8 Å². The Hall–Kier alpha value is -3.80. The van der Waals surface area contributed by atoms with E-state index in [1.807, 2.05) is 30.3 Å². The SMILES string of the molecule is COc1ccc(N(CC(=O)Nc2ccc(Oc3ccccc3)cc2)C(C)=O)cc1. The number of carbonyl (C=O) groups is 2. The number of nitrogens with one attached hydrogen (secondary N) is 1. The molecule has 0 spiro atoms. The van der Waals surface area contributed by atoms with Crippen molar-refractivity contribution in [3.63, 3.8) is 0 Å². The predicted octanol–water partition coefficient (Wildman–Crippen LogP) is 4.48. The molecule has 0 fully saturated rings. The van der Waals surface area contributed by atoms with Crippen molar-refractivity contribution in [1.29, 1.82) is 0 Å². The van der Waals surface area contributed by atoms with Crippen LogP contribution in [-0.4, -0.2) is 25.5 Å². The van der Waals surface area contributed by atoms with Gasteiger partial charge < -0.3 is 19.7 Å². The summed E-state index contributed by atoms with van der Waals surface area (Å²) < 4.78 is 10.9. The number of hydrogen-bond acceptors (Lipinski definition) is 4. The van der Waals surface area contributed by atoms with Gasteiger partial charge in [0, 0.05) is 18.3 Å². The number of ether oxygens (including phenoxy) is 2. The van der Waals surface area contributed by atoms with E-state index in [-0.39, 0.29) is 18.4 Å². The lowest BCUT2D eigenvalue weighted by atomic mass is 10.2. The Labute approximate surface area is 169 Å². The highest BCUT2D eigenvalue weighted by Crippen LogP contribution is 2.23. The molecule has 0 heterocycles. The van der Waals surface area contributed by atoms with Gasteiger partial charge in [-0.15, -0.1) is 0 Å². The minimum atomic E-state index is -0.298. The zero-order valence-electron chi connectivity index (χ0n) is 16.3. The van der Waals surface area contributed by atoms with Gasteiger partial charge in [-0.25, -0.2) is 0 Å². The molecule has 0 saturated heterocycles. The summed E-state index contributed by atoms with van der Waals surface area (Å²) in [5, 5.41) is 2.80. The first-order valence-corrected chi connectivity index (χ1v) is 9.10. The average molecular weight is 390 g/mol. The van der Waals surface area contributed by atoms with E-state index in [0.29, 0.717) is 22.9 Å². The Kier molecular flexibility index (Phi) is 6.47. The van der Waals surface area contributed by atoms with Crippen LogP contribution in [0.25, 0.3) is 0 Å². The minimum absolute atomic E-state index is 0.0933. The van der Waals surface area contributed by atoms with E-state index < -0.39 is 0 Å². The predicted molar refractivity (Wildman–Crippen MR) is 113 cm³/mol. The molecule has 148 valence electrons. The van der Waals surface area contributed by atoms with Crippen molar-refractivity contribution >= 4 is 23.2 Å². The van der Waals surface area contributed by atoms with Gasteiger partial charge >= 0.3 is 0 Å². The van der Waals surface area contributed by atoms with Gasteiger partial charge in [0.15, 0.2) is 0 Å². The lowest BCUT2D eigenvalue weighted by molar-refractivity contribution is -0.120. The van der Waals surface area contributed by atoms with Crippen molar-refractivity contribution in [3.05, 3.63) is 78.9 Å². The van der Waals surface area contributed by atoms with Gasteiger partial charge in [0.1, 0.15) is 23.8 Å². The van der Waals surface area contributed by atoms with E-state index >= 15 is 0 Å². The fourth-order valence-corrected chi connectivity index (χ4v) is 2.72. The van der Waals surface area contributed by atoms with Crippen molar-refractivity contribution in [1.82, 2.24) is 0 Å². The standard InChI is InChI=1S/C23H22N2O4/c1-17(26)25(19-10-14-20(28-2)15-11-19)16-23(27)24-18-8-12-22(13-9-18)29-21-6-4-3-5-7-21/h3-15H,16H2,1-2H3,(H,24,27). The molecule has 0 atom stereocenters. The topological polar surface area (TPSA) is 67.9 Å². The number of nitrogens with zero attached hydrogens (tertiary/aromatic N) is 1. The second kappa shape index (κ2) is 9.41. The van der Waals surface area contributed by atoms with E-state index in [4.69, 9.17) is 9.47 Å². The van der Waals surface area contributed by atoms with Crippen LogP contribution in [0, 0.1) is 0 Å². The molecule has 3 rings (SSSR count). The maximum atomic E-state index is 12.4. The third kappa shape index (κ3) is 5.59. The second-order valence-corrected chi connectivity index (χ2v) is 6.29. The summed E-state index contributed by atoms with van der Waals surface area (Å²) in [5.74, 6) is 1.56. The third-order valence-electron chi connectivity index (χ3n) is 4.18. The van der Waals surface area contributed by atoms with E-state index in [0.717, 1.165) is 5.75 Å². The molecule has 1 N–H and O–H groups in total. The van der Waals surface area contributed by atoms with Crippen molar-refractivity contribution in [2.24, 2.45) is 0 Å². The third-order valence-corrected chi connectivity index (χ3v) is 4.18. The highest BCUT2D eigenvalue weighted by atomic mass is 16.5. The van der Waals surface area contributed by atoms with Gasteiger partial charge in [-0.1, -0.05) is 18.2 Å². The molecule has 2 amide bonds. The second-order valence-electron chi connectivity index (χ2n) is 6.29. The molecule has 29 heavy (non-hydrogen) atoms. The van der Waals surface area contributed by atoms with Gasteiger partial charge in [0.2, 0.25) is 11.8 Å². The highest BCUT2D eigenvalue weighted by molar-refractivity contribution is 6.01. The van der Waals surface area contributed by atoms with Gasteiger partial charge in [-0.3, -0.25) is 9.59 Å². The van der Waals surface area contributed by atoms with Crippen LogP contribution >= 0.6 is 0 Å². The Bertz CT molecular complexity index is 954. The average Bonchev–Trinajstić information content (AvgIpc) is 2.74. The Morgan fingerprint density at radius 2 is 1.41 bits per heavy atom. The molecule has 3 aromatic carbocycles. The molecule has 0 aliphatic carbocycles. The van der Waals surface area contributed by atoms with Crippen LogP contribution in [0.5, 0.6) is 17.2 Å². The van der Waals surface area contributed by atoms with Gasteiger partial charge in [-0.05, 0) is 60.7 Å². The highest BCUT2D eigenvalue weighted by Gasteiger charge is 2.16. The smallest absolute Gasteiger partial charge is 0.244 e. The lowest BCUT2D eigenvalue weighted by Gasteiger charge is -2.21. The van der Waals surface area contributed by atoms with Gasteiger partial charge in [0.05, 0.1) is 7.11 Å². The lowest BCUT2D eigenvalue weighted by Crippen LogP contribution is -2.36. The molecule has 0 aliphatic rings. The maximum absolute atomic E-state index is 12.4. The van der Waals surface area contributed by atoms with Crippen molar-refractivity contribution in [2.45, 2.75) is 6.92 Å². The first-order chi connectivity index (χ1) is 14.0. The molecule has 6 heteroatoms. The molecule has 0 saturated carbocycles. The quantitative estimate of drug-likeness (QED) is 0.646. The van der Waals surface area contributed by atoms with Crippen molar-refractivity contribution in [3.8, 4) is 17.2 Å². The zero-order chi connectivity index (χ0) is 20.6. The summed E-state index contributed by atoms with van der Waals surface area (Å²) in [6.45, 7) is 1.33. The monoisotopic (exact) mass is 390 g/mol. The first kappa shape index (κ1) is 19.9. The Balaban J connectivity index is 1.61. The summed E-state index contributed by atoms with van der Waals surface area (Å²) in [7, 11) is 1.57. The van der Waals surface area contributed by atoms with E-state index in [9.17, 15) is 9.59 Å². The van der Waals surface area contributed by atoms with Crippen molar-refractivity contribution < 1.29 is 19.1 Å². The Morgan fingerprint density at radius 3 is 2.00 bits per heavy atom. The number of benzene rings is 3. The minimum Gasteiger partial charge on any atom is -0.497 e. The number of rotatable bonds is 7. The number of methoxy groups -OCH3 is 1. The van der Waals surface area contributed by atoms with Gasteiger partial charge in [0.25, 0.3) is 0 Å². The first-order valence-electron chi connectivity index (χ1n) is 9.10. The van der Waals surface area contributed by atoms with E-state index in [1.54, 1.807) is 55.6 Å². The Morgan fingerprint density at radius 1 is 0.828 bits per heavy atom. The zero-order valence-corrected chi connectivity index (χ0v) is 16.3. The normalized spacial score (nSPS) is 10.1. The van der Waals surface area contributed by atoms with Crippen LogP contribution in [0.2, 0.25) is 0 Å². The molecule has 0 aromatic heterocycles. The molecule has 0 radical (unpaired) electrons. The maximum Gasteiger partial charge on any atom is 0.244 e. The molecule has 0 bridgehead atoms. The summed E-state index contributed by atoms with van der Waals surface area (Å²) in [6, 6.07) is 23.5. The molecule has 6 nitrogen and oxygen atoms in total. The van der Waals surface area contributed by atoms with Crippen LogP contribution in [0.1, 0.15) is 6.92 Å². The largest absolute Gasteiger partial charge is 0.497 e. The van der Waals surface area contributed by atoms with Crippen LogP contribution in [0.4, 0.5) is 11.4 Å². The molecular formula is C23H22N2O4. The van der Waals surface area contributed by atoms with Crippen LogP contribution in [0.3, 0.4) is 0 Å². The fraction of sp³-hybridized carbons (Fsp3) is 0.130. The van der Waals surface area contributed by atoms with Crippen LogP contribution < -0.4 is 19.7 Å². The summed E-state index contributed by atoms with van der Waals surface area (Å²) >= 11 is 0. The molecule has 3 aromatic rings. The van der Waals surface area contributed by atoms with Crippen LogP contribution in [-0.2, 0) is 9.59 Å². The number of hydrogen-bond donors (Lipinski definition) is 1. The van der Waals surface area contributed by atoms with E-state index in [2.05, 4.69) is 5.32 Å². The van der Waals surface area contributed by atoms with Crippen LogP contribution in [0.15, 0.2) is 78.9 Å². The number of carbonyl (C=O) groups excluding carboxylic acids is 2. The summed E-state index contributed by atoms with van der Waals surface area (Å²) in [5.41, 5.74) is 1.24.